The molecule has 0 saturated heterocycles. The van der Waals surface area contributed by atoms with E-state index < -0.39 is 0 Å². The van der Waals surface area contributed by atoms with E-state index in [9.17, 15) is 4.79 Å². The minimum atomic E-state index is -0.350. The number of rotatable bonds is 4. The van der Waals surface area contributed by atoms with Gasteiger partial charge in [-0.25, -0.2) is 0 Å². The van der Waals surface area contributed by atoms with Crippen LogP contribution in [-0.2, 0) is 9.53 Å². The number of hydrogen-bond acceptors (Lipinski definition) is 3. The highest BCUT2D eigenvalue weighted by molar-refractivity contribution is 5.84. The van der Waals surface area contributed by atoms with E-state index in [2.05, 4.69) is 6.07 Å². The van der Waals surface area contributed by atoms with Crippen molar-refractivity contribution in [1.82, 2.24) is 0 Å². The van der Waals surface area contributed by atoms with Crippen LogP contribution >= 0.6 is 0 Å². The van der Waals surface area contributed by atoms with Crippen molar-refractivity contribution in [3.05, 3.63) is 29.8 Å². The zero-order valence-electron chi connectivity index (χ0n) is 12.8. The summed E-state index contributed by atoms with van der Waals surface area (Å²) in [5.41, 5.74) is 0.979. The number of para-hydroxylation sites is 1. The second-order valence-electron chi connectivity index (χ2n) is 6.52. The van der Waals surface area contributed by atoms with Crippen LogP contribution in [-0.4, -0.2) is 25.6 Å². The number of carbonyl (C=O) groups excluding carboxylic acids is 1. The van der Waals surface area contributed by atoms with Crippen LogP contribution in [0.1, 0.15) is 45.1 Å². The molecule has 0 radical (unpaired) electrons. The predicted molar refractivity (Wildman–Crippen MR) is 79.2 cm³/mol. The van der Waals surface area contributed by atoms with Gasteiger partial charge in [-0.3, -0.25) is 4.79 Å². The Labute approximate surface area is 121 Å². The molecule has 1 aromatic carbocycles. The van der Waals surface area contributed by atoms with Gasteiger partial charge in [-0.1, -0.05) is 39.0 Å². The van der Waals surface area contributed by atoms with Gasteiger partial charge in [-0.15, -0.1) is 0 Å². The molecule has 0 amide bonds. The smallest absolute Gasteiger partial charge is 0.162 e. The van der Waals surface area contributed by atoms with Gasteiger partial charge in [0.25, 0.3) is 0 Å². The van der Waals surface area contributed by atoms with Crippen molar-refractivity contribution in [3.8, 4) is 5.75 Å². The number of benzene rings is 1. The van der Waals surface area contributed by atoms with Crippen LogP contribution in [0.15, 0.2) is 24.3 Å². The van der Waals surface area contributed by atoms with Crippen LogP contribution < -0.4 is 4.74 Å². The van der Waals surface area contributed by atoms with Gasteiger partial charge in [0, 0.05) is 13.5 Å². The number of ether oxygens (including phenoxy) is 2. The fourth-order valence-electron chi connectivity index (χ4n) is 2.95. The normalized spacial score (nSPS) is 19.9. The van der Waals surface area contributed by atoms with E-state index in [1.54, 1.807) is 7.11 Å². The van der Waals surface area contributed by atoms with Crippen LogP contribution in [0.3, 0.4) is 0 Å². The second-order valence-corrected chi connectivity index (χ2v) is 6.52. The lowest BCUT2D eigenvalue weighted by Gasteiger charge is -2.31. The molecule has 1 aliphatic rings. The Bertz CT molecular complexity index is 473. The van der Waals surface area contributed by atoms with Gasteiger partial charge in [-0.2, -0.15) is 0 Å². The average molecular weight is 276 g/mol. The van der Waals surface area contributed by atoms with Gasteiger partial charge in [0.15, 0.2) is 5.78 Å². The monoisotopic (exact) mass is 276 g/mol. The fourth-order valence-corrected chi connectivity index (χ4v) is 2.95. The standard InChI is InChI=1S/C17H24O3/c1-17(2,3)16(19-4)14(18)11-12-9-10-20-15-8-6-5-7-13(12)15/h5-8,12,16H,9-11H2,1-4H3. The molecular formula is C17H24O3. The van der Waals surface area contributed by atoms with Crippen LogP contribution in [0.4, 0.5) is 0 Å². The maximum absolute atomic E-state index is 12.5. The molecule has 110 valence electrons. The molecule has 2 rings (SSSR count). The van der Waals surface area contributed by atoms with Crippen LogP contribution in [0, 0.1) is 5.41 Å². The van der Waals surface area contributed by atoms with E-state index in [-0.39, 0.29) is 23.2 Å². The van der Waals surface area contributed by atoms with Crippen molar-refractivity contribution in [3.63, 3.8) is 0 Å². The second kappa shape index (κ2) is 5.96. The Balaban J connectivity index is 2.13. The molecule has 0 N–H and O–H groups in total. The molecule has 0 spiro atoms. The summed E-state index contributed by atoms with van der Waals surface area (Å²) in [7, 11) is 1.62. The SMILES string of the molecule is COC(C(=O)CC1CCOc2ccccc21)C(C)(C)C. The van der Waals surface area contributed by atoms with Gasteiger partial charge in [0.05, 0.1) is 6.61 Å². The van der Waals surface area contributed by atoms with E-state index in [4.69, 9.17) is 9.47 Å². The molecule has 2 atom stereocenters. The molecule has 3 heteroatoms. The molecule has 0 bridgehead atoms. The molecule has 1 heterocycles. The average Bonchev–Trinajstić information content (AvgIpc) is 2.38. The molecule has 0 aliphatic carbocycles. The number of carbonyl (C=O) groups is 1. The summed E-state index contributed by atoms with van der Waals surface area (Å²) in [5, 5.41) is 0. The van der Waals surface area contributed by atoms with Gasteiger partial charge in [-0.05, 0) is 29.4 Å². The van der Waals surface area contributed by atoms with E-state index >= 15 is 0 Å². The van der Waals surface area contributed by atoms with Crippen molar-refractivity contribution in [2.45, 2.75) is 45.6 Å². The Kier molecular flexibility index (Phi) is 4.48. The maximum Gasteiger partial charge on any atom is 0.162 e. The van der Waals surface area contributed by atoms with Crippen molar-refractivity contribution < 1.29 is 14.3 Å². The van der Waals surface area contributed by atoms with Gasteiger partial charge in [0.1, 0.15) is 11.9 Å². The van der Waals surface area contributed by atoms with E-state index in [1.165, 1.54) is 0 Å². The number of ketones is 1. The highest BCUT2D eigenvalue weighted by Crippen LogP contribution is 2.37. The van der Waals surface area contributed by atoms with E-state index in [0.29, 0.717) is 13.0 Å². The number of hydrogen-bond donors (Lipinski definition) is 0. The first-order valence-electron chi connectivity index (χ1n) is 7.20. The van der Waals surface area contributed by atoms with Gasteiger partial charge in [0.2, 0.25) is 0 Å². The summed E-state index contributed by atoms with van der Waals surface area (Å²) in [5.74, 6) is 1.34. The minimum absolute atomic E-state index is 0.170. The first-order chi connectivity index (χ1) is 9.43. The van der Waals surface area contributed by atoms with Crippen LogP contribution in [0.25, 0.3) is 0 Å². The third-order valence-corrected chi connectivity index (χ3v) is 3.85. The van der Waals surface area contributed by atoms with Gasteiger partial charge >= 0.3 is 0 Å². The lowest BCUT2D eigenvalue weighted by molar-refractivity contribution is -0.135. The number of Topliss-reactive ketones (excluding diaryl/α,β-unsaturated/α-hetero) is 1. The quantitative estimate of drug-likeness (QED) is 0.843. The lowest BCUT2D eigenvalue weighted by Crippen LogP contribution is -2.37. The molecule has 1 aromatic rings. The predicted octanol–water partition coefficient (Wildman–Crippen LogP) is 3.57. The first kappa shape index (κ1) is 15.0. The first-order valence-corrected chi connectivity index (χ1v) is 7.20. The summed E-state index contributed by atoms with van der Waals surface area (Å²) in [6.07, 6.45) is 1.07. The van der Waals surface area contributed by atoms with Crippen molar-refractivity contribution >= 4 is 5.78 Å². The summed E-state index contributed by atoms with van der Waals surface area (Å²) >= 11 is 0. The third kappa shape index (κ3) is 3.21. The van der Waals surface area contributed by atoms with Crippen LogP contribution in [0.5, 0.6) is 5.75 Å². The zero-order chi connectivity index (χ0) is 14.8. The summed E-state index contributed by atoms with van der Waals surface area (Å²) in [4.78, 5) is 12.5. The number of fused-ring (bicyclic) bond motifs is 1. The fraction of sp³-hybridized carbons (Fsp3) is 0.588. The summed E-state index contributed by atoms with van der Waals surface area (Å²) < 4.78 is 11.1. The Morgan fingerprint density at radius 1 is 1.40 bits per heavy atom. The topological polar surface area (TPSA) is 35.5 Å². The minimum Gasteiger partial charge on any atom is -0.493 e. The number of methoxy groups -OCH3 is 1. The van der Waals surface area contributed by atoms with Crippen LogP contribution in [0.2, 0.25) is 0 Å². The lowest BCUT2D eigenvalue weighted by atomic mass is 9.81. The molecule has 1 aliphatic heterocycles. The molecule has 0 aromatic heterocycles. The Morgan fingerprint density at radius 2 is 2.10 bits per heavy atom. The molecule has 0 fully saturated rings. The molecular weight excluding hydrogens is 252 g/mol. The zero-order valence-corrected chi connectivity index (χ0v) is 12.8. The molecule has 0 saturated carbocycles. The highest BCUT2D eigenvalue weighted by Gasteiger charge is 2.33. The Morgan fingerprint density at radius 3 is 2.75 bits per heavy atom. The molecule has 3 nitrogen and oxygen atoms in total. The van der Waals surface area contributed by atoms with Crippen molar-refractivity contribution in [2.75, 3.05) is 13.7 Å². The largest absolute Gasteiger partial charge is 0.493 e. The third-order valence-electron chi connectivity index (χ3n) is 3.85. The van der Waals surface area contributed by atoms with E-state index in [1.807, 2.05) is 39.0 Å². The Hall–Kier alpha value is -1.35. The molecule has 2 unspecified atom stereocenters. The van der Waals surface area contributed by atoms with E-state index in [0.717, 1.165) is 17.7 Å². The maximum atomic E-state index is 12.5. The molecule has 20 heavy (non-hydrogen) atoms. The van der Waals surface area contributed by atoms with Gasteiger partial charge < -0.3 is 9.47 Å². The van der Waals surface area contributed by atoms with Crippen molar-refractivity contribution in [1.29, 1.82) is 0 Å². The van der Waals surface area contributed by atoms with Crippen molar-refractivity contribution in [2.24, 2.45) is 5.41 Å². The highest BCUT2D eigenvalue weighted by atomic mass is 16.5. The summed E-state index contributed by atoms with van der Waals surface area (Å²) in [6.45, 7) is 6.80. The summed E-state index contributed by atoms with van der Waals surface area (Å²) in [6, 6.07) is 8.01.